The zero-order valence-electron chi connectivity index (χ0n) is 11.6. The number of nitrogens with zero attached hydrogens (tertiary/aromatic N) is 1. The molecule has 0 saturated carbocycles. The molecule has 1 aromatic heterocycles. The van der Waals surface area contributed by atoms with Crippen LogP contribution in [0.4, 0.5) is 5.69 Å². The van der Waals surface area contributed by atoms with Crippen molar-refractivity contribution < 1.29 is 4.79 Å². The van der Waals surface area contributed by atoms with Gasteiger partial charge in [-0.1, -0.05) is 29.8 Å². The van der Waals surface area contributed by atoms with Gasteiger partial charge in [-0.15, -0.1) is 0 Å². The zero-order chi connectivity index (χ0) is 15.5. The summed E-state index contributed by atoms with van der Waals surface area (Å²) in [6.07, 6.45) is 1.97. The minimum atomic E-state index is -0.191. The monoisotopic (exact) mass is 309 g/mol. The van der Waals surface area contributed by atoms with Gasteiger partial charge in [0, 0.05) is 17.1 Å². The molecule has 3 rings (SSSR count). The minimum absolute atomic E-state index is 0.184. The summed E-state index contributed by atoms with van der Waals surface area (Å²) in [5.41, 5.74) is 2.68. The second kappa shape index (κ2) is 5.92. The lowest BCUT2D eigenvalue weighted by Crippen LogP contribution is -2.15. The Kier molecular flexibility index (Phi) is 3.82. The zero-order valence-corrected chi connectivity index (χ0v) is 12.3. The van der Waals surface area contributed by atoms with Crippen LogP contribution in [0.3, 0.4) is 0 Å². The maximum absolute atomic E-state index is 12.2. The van der Waals surface area contributed by atoms with Crippen molar-refractivity contribution in [3.63, 3.8) is 0 Å². The van der Waals surface area contributed by atoms with Crippen molar-refractivity contribution in [3.8, 4) is 6.07 Å². The quantitative estimate of drug-likeness (QED) is 0.771. The molecule has 4 nitrogen and oxygen atoms in total. The van der Waals surface area contributed by atoms with E-state index in [0.717, 1.165) is 16.5 Å². The molecule has 3 aromatic rings. The van der Waals surface area contributed by atoms with Gasteiger partial charge in [0.25, 0.3) is 0 Å². The van der Waals surface area contributed by atoms with E-state index in [9.17, 15) is 4.79 Å². The number of hydrogen-bond acceptors (Lipinski definition) is 2. The number of aromatic amines is 1. The van der Waals surface area contributed by atoms with Crippen molar-refractivity contribution in [1.82, 2.24) is 4.98 Å². The normalized spacial score (nSPS) is 10.4. The first-order valence-corrected chi connectivity index (χ1v) is 7.10. The maximum atomic E-state index is 12.2. The summed E-state index contributed by atoms with van der Waals surface area (Å²) in [4.78, 5) is 15.3. The summed E-state index contributed by atoms with van der Waals surface area (Å²) >= 11 is 6.20. The van der Waals surface area contributed by atoms with Crippen LogP contribution in [-0.2, 0) is 11.2 Å². The highest BCUT2D eigenvalue weighted by atomic mass is 35.5. The molecule has 1 amide bonds. The molecule has 0 bridgehead atoms. The Morgan fingerprint density at radius 1 is 1.23 bits per heavy atom. The number of carbonyl (C=O) groups is 1. The van der Waals surface area contributed by atoms with E-state index in [-0.39, 0.29) is 12.3 Å². The second-order valence-electron chi connectivity index (χ2n) is 4.86. The first-order chi connectivity index (χ1) is 10.7. The van der Waals surface area contributed by atoms with Crippen LogP contribution in [0.25, 0.3) is 10.9 Å². The molecule has 0 unspecified atom stereocenters. The molecule has 5 heteroatoms. The van der Waals surface area contributed by atoms with Gasteiger partial charge in [-0.05, 0) is 29.8 Å². The number of fused-ring (bicyclic) bond motifs is 1. The number of aromatic nitrogens is 1. The highest BCUT2D eigenvalue weighted by Crippen LogP contribution is 2.27. The Hall–Kier alpha value is -2.77. The summed E-state index contributed by atoms with van der Waals surface area (Å²) in [6, 6.07) is 14.5. The van der Waals surface area contributed by atoms with Crippen LogP contribution in [0.15, 0.2) is 48.7 Å². The predicted octanol–water partition coefficient (Wildman–Crippen LogP) is 3.87. The molecule has 2 N–H and O–H groups in total. The number of nitrogens with one attached hydrogen (secondary N) is 2. The maximum Gasteiger partial charge on any atom is 0.228 e. The van der Waals surface area contributed by atoms with E-state index in [2.05, 4.69) is 16.4 Å². The average molecular weight is 310 g/mol. The lowest BCUT2D eigenvalue weighted by Gasteiger charge is -2.06. The number of rotatable bonds is 3. The molecular weight excluding hydrogens is 298 g/mol. The molecule has 0 aliphatic rings. The third kappa shape index (κ3) is 2.67. The third-order valence-corrected chi connectivity index (χ3v) is 3.72. The van der Waals surface area contributed by atoms with E-state index >= 15 is 0 Å². The van der Waals surface area contributed by atoms with Crippen molar-refractivity contribution >= 4 is 34.1 Å². The number of H-pyrrole nitrogens is 1. The molecule has 22 heavy (non-hydrogen) atoms. The van der Waals surface area contributed by atoms with Crippen LogP contribution in [0.1, 0.15) is 11.1 Å². The number of amides is 1. The first kappa shape index (κ1) is 14.2. The van der Waals surface area contributed by atoms with E-state index in [0.29, 0.717) is 16.3 Å². The molecule has 108 valence electrons. The Morgan fingerprint density at radius 2 is 2.05 bits per heavy atom. The molecule has 1 heterocycles. The van der Waals surface area contributed by atoms with Gasteiger partial charge >= 0.3 is 0 Å². The van der Waals surface area contributed by atoms with Crippen molar-refractivity contribution in [2.45, 2.75) is 6.42 Å². The number of para-hydroxylation sites is 1. The summed E-state index contributed by atoms with van der Waals surface area (Å²) < 4.78 is 0. The molecule has 0 saturated heterocycles. The van der Waals surface area contributed by atoms with E-state index in [4.69, 9.17) is 16.9 Å². The smallest absolute Gasteiger partial charge is 0.228 e. The van der Waals surface area contributed by atoms with Gasteiger partial charge in [0.2, 0.25) is 5.91 Å². The van der Waals surface area contributed by atoms with Gasteiger partial charge in [-0.3, -0.25) is 4.79 Å². The Bertz CT molecular complexity index is 892. The fourth-order valence-electron chi connectivity index (χ4n) is 2.40. The van der Waals surface area contributed by atoms with E-state index in [1.54, 1.807) is 36.5 Å². The largest absolute Gasteiger partial charge is 0.361 e. The molecular formula is C17H12ClN3O. The number of hydrogen-bond donors (Lipinski definition) is 2. The summed E-state index contributed by atoms with van der Waals surface area (Å²) in [5.74, 6) is -0.191. The van der Waals surface area contributed by atoms with Crippen LogP contribution in [-0.4, -0.2) is 10.9 Å². The lowest BCUT2D eigenvalue weighted by molar-refractivity contribution is -0.115. The van der Waals surface area contributed by atoms with E-state index in [1.807, 2.05) is 12.1 Å². The van der Waals surface area contributed by atoms with Gasteiger partial charge in [-0.25, -0.2) is 0 Å². The molecule has 0 aliphatic carbocycles. The molecule has 0 spiro atoms. The van der Waals surface area contributed by atoms with Crippen molar-refractivity contribution in [1.29, 1.82) is 5.26 Å². The standard InChI is InChI=1S/C17H12ClN3O/c18-13-5-3-7-15-17(13)12(10-20-15)8-16(22)21-14-6-2-1-4-11(14)9-19/h1-7,10,20H,8H2,(H,21,22). The summed E-state index contributed by atoms with van der Waals surface area (Å²) in [6.45, 7) is 0. The fraction of sp³-hybridized carbons (Fsp3) is 0.0588. The minimum Gasteiger partial charge on any atom is -0.361 e. The lowest BCUT2D eigenvalue weighted by atomic mass is 10.1. The number of benzene rings is 2. The number of halogens is 1. The molecule has 0 aliphatic heterocycles. The van der Waals surface area contributed by atoms with Gasteiger partial charge in [-0.2, -0.15) is 5.26 Å². The van der Waals surface area contributed by atoms with Crippen LogP contribution < -0.4 is 5.32 Å². The highest BCUT2D eigenvalue weighted by molar-refractivity contribution is 6.35. The van der Waals surface area contributed by atoms with E-state index < -0.39 is 0 Å². The van der Waals surface area contributed by atoms with E-state index in [1.165, 1.54) is 0 Å². The van der Waals surface area contributed by atoms with Crippen LogP contribution >= 0.6 is 11.6 Å². The second-order valence-corrected chi connectivity index (χ2v) is 5.27. The highest BCUT2D eigenvalue weighted by Gasteiger charge is 2.12. The Morgan fingerprint density at radius 3 is 2.86 bits per heavy atom. The average Bonchev–Trinajstić information content (AvgIpc) is 2.92. The van der Waals surface area contributed by atoms with Gasteiger partial charge in [0.15, 0.2) is 0 Å². The molecule has 0 fully saturated rings. The predicted molar refractivity (Wildman–Crippen MR) is 86.8 cm³/mol. The van der Waals surface area contributed by atoms with Crippen molar-refractivity contribution in [2.24, 2.45) is 0 Å². The Labute approximate surface area is 132 Å². The van der Waals surface area contributed by atoms with Crippen LogP contribution in [0, 0.1) is 11.3 Å². The molecule has 0 radical (unpaired) electrons. The van der Waals surface area contributed by atoms with Crippen LogP contribution in [0.5, 0.6) is 0 Å². The van der Waals surface area contributed by atoms with Gasteiger partial charge in [0.1, 0.15) is 6.07 Å². The van der Waals surface area contributed by atoms with Crippen LogP contribution in [0.2, 0.25) is 5.02 Å². The Balaban J connectivity index is 1.84. The van der Waals surface area contributed by atoms with Crippen molar-refractivity contribution in [2.75, 3.05) is 5.32 Å². The molecule has 0 atom stereocenters. The van der Waals surface area contributed by atoms with Crippen molar-refractivity contribution in [3.05, 3.63) is 64.8 Å². The number of carbonyl (C=O) groups excluding carboxylic acids is 1. The fourth-order valence-corrected chi connectivity index (χ4v) is 2.70. The SMILES string of the molecule is N#Cc1ccccc1NC(=O)Cc1c[nH]c2cccc(Cl)c12. The summed E-state index contributed by atoms with van der Waals surface area (Å²) in [7, 11) is 0. The molecule has 2 aromatic carbocycles. The summed E-state index contributed by atoms with van der Waals surface area (Å²) in [5, 5.41) is 13.3. The third-order valence-electron chi connectivity index (χ3n) is 3.41. The van der Waals surface area contributed by atoms with Gasteiger partial charge < -0.3 is 10.3 Å². The topological polar surface area (TPSA) is 68.7 Å². The number of nitriles is 1. The van der Waals surface area contributed by atoms with Gasteiger partial charge in [0.05, 0.1) is 22.7 Å². The first-order valence-electron chi connectivity index (χ1n) is 6.72. The number of anilines is 1.